The smallest absolute Gasteiger partial charge is 0.227 e. The average molecular weight is 308 g/mol. The molecule has 0 radical (unpaired) electrons. The van der Waals surface area contributed by atoms with Crippen molar-refractivity contribution in [3.63, 3.8) is 0 Å². The third-order valence-corrected chi connectivity index (χ3v) is 4.63. The molecule has 5 heteroatoms. The van der Waals surface area contributed by atoms with E-state index in [1.54, 1.807) is 0 Å². The number of hydrogen-bond donors (Lipinski definition) is 2. The number of fused-ring (bicyclic) bond motifs is 1. The van der Waals surface area contributed by atoms with Crippen molar-refractivity contribution in [1.82, 2.24) is 19.9 Å². The molecule has 4 rings (SSSR count). The van der Waals surface area contributed by atoms with Crippen LogP contribution in [0.2, 0.25) is 0 Å². The number of carbonyl (C=O) groups excluding carboxylic acids is 1. The van der Waals surface area contributed by atoms with E-state index in [1.165, 1.54) is 0 Å². The molecule has 1 amide bonds. The number of aryl methyl sites for hydroxylation is 1. The molecule has 0 bridgehead atoms. The first-order chi connectivity index (χ1) is 11.2. The second kappa shape index (κ2) is 5.57. The number of imidazole rings is 1. The second-order valence-electron chi connectivity index (χ2n) is 6.23. The van der Waals surface area contributed by atoms with Gasteiger partial charge in [0.05, 0.1) is 12.5 Å². The summed E-state index contributed by atoms with van der Waals surface area (Å²) in [5.74, 6) is 1.08. The van der Waals surface area contributed by atoms with Crippen LogP contribution in [-0.2, 0) is 11.2 Å². The number of benzene rings is 1. The van der Waals surface area contributed by atoms with Crippen LogP contribution in [0.15, 0.2) is 36.7 Å². The van der Waals surface area contributed by atoms with Crippen molar-refractivity contribution >= 4 is 16.8 Å². The summed E-state index contributed by atoms with van der Waals surface area (Å²) < 4.78 is 0. The van der Waals surface area contributed by atoms with Crippen LogP contribution in [0.5, 0.6) is 0 Å². The fourth-order valence-electron chi connectivity index (χ4n) is 3.49. The summed E-state index contributed by atoms with van der Waals surface area (Å²) in [6.45, 7) is 2.80. The van der Waals surface area contributed by atoms with Gasteiger partial charge in [-0.15, -0.1) is 0 Å². The molecule has 3 heterocycles. The molecule has 23 heavy (non-hydrogen) atoms. The summed E-state index contributed by atoms with van der Waals surface area (Å²) in [4.78, 5) is 25.7. The van der Waals surface area contributed by atoms with Gasteiger partial charge in [0.1, 0.15) is 5.82 Å². The zero-order valence-corrected chi connectivity index (χ0v) is 13.2. The lowest BCUT2D eigenvalue weighted by Gasteiger charge is -2.23. The molecule has 3 aromatic rings. The van der Waals surface area contributed by atoms with Gasteiger partial charge in [0.2, 0.25) is 5.91 Å². The highest BCUT2D eigenvalue weighted by Crippen LogP contribution is 2.31. The Morgan fingerprint density at radius 1 is 1.39 bits per heavy atom. The van der Waals surface area contributed by atoms with Crippen LogP contribution in [0.4, 0.5) is 0 Å². The Morgan fingerprint density at radius 3 is 3.09 bits per heavy atom. The van der Waals surface area contributed by atoms with Crippen LogP contribution in [0.25, 0.3) is 10.9 Å². The van der Waals surface area contributed by atoms with Crippen LogP contribution >= 0.6 is 0 Å². The van der Waals surface area contributed by atoms with Crippen molar-refractivity contribution in [3.8, 4) is 0 Å². The molecule has 2 aromatic heterocycles. The van der Waals surface area contributed by atoms with Gasteiger partial charge in [-0.2, -0.15) is 0 Å². The summed E-state index contributed by atoms with van der Waals surface area (Å²) in [5.41, 5.74) is 3.18. The van der Waals surface area contributed by atoms with E-state index < -0.39 is 0 Å². The lowest BCUT2D eigenvalue weighted by Crippen LogP contribution is -2.32. The first-order valence-corrected chi connectivity index (χ1v) is 8.08. The maximum Gasteiger partial charge on any atom is 0.227 e. The SMILES string of the molecule is Cc1cnc(C2CCCN2C(=O)Cc2c[nH]c3ccccc23)[nH]1. The molecule has 1 aromatic carbocycles. The second-order valence-corrected chi connectivity index (χ2v) is 6.23. The highest BCUT2D eigenvalue weighted by molar-refractivity contribution is 5.89. The zero-order valence-electron chi connectivity index (χ0n) is 13.2. The largest absolute Gasteiger partial charge is 0.361 e. The minimum Gasteiger partial charge on any atom is -0.361 e. The standard InChI is InChI=1S/C18H20N4O/c1-12-10-20-18(21-12)16-7-4-8-22(16)17(23)9-13-11-19-15-6-3-2-5-14(13)15/h2-3,5-6,10-11,16,19H,4,7-9H2,1H3,(H,20,21). The van der Waals surface area contributed by atoms with Gasteiger partial charge >= 0.3 is 0 Å². The Morgan fingerprint density at radius 2 is 2.26 bits per heavy atom. The summed E-state index contributed by atoms with van der Waals surface area (Å²) in [7, 11) is 0. The Hall–Kier alpha value is -2.56. The Bertz CT molecular complexity index is 847. The minimum absolute atomic E-state index is 0.0846. The summed E-state index contributed by atoms with van der Waals surface area (Å²) in [6, 6.07) is 8.19. The van der Waals surface area contributed by atoms with E-state index in [4.69, 9.17) is 0 Å². The summed E-state index contributed by atoms with van der Waals surface area (Å²) in [5, 5.41) is 1.13. The van der Waals surface area contributed by atoms with Gasteiger partial charge in [0, 0.05) is 35.5 Å². The number of nitrogens with zero attached hydrogens (tertiary/aromatic N) is 2. The fourth-order valence-corrected chi connectivity index (χ4v) is 3.49. The highest BCUT2D eigenvalue weighted by atomic mass is 16.2. The number of likely N-dealkylation sites (tertiary alicyclic amines) is 1. The van der Waals surface area contributed by atoms with Crippen LogP contribution in [-0.4, -0.2) is 32.3 Å². The van der Waals surface area contributed by atoms with Crippen LogP contribution < -0.4 is 0 Å². The molecule has 0 aliphatic carbocycles. The molecule has 1 aliphatic heterocycles. The molecule has 1 saturated heterocycles. The molecule has 2 N–H and O–H groups in total. The first-order valence-electron chi connectivity index (χ1n) is 8.08. The summed E-state index contributed by atoms with van der Waals surface area (Å²) in [6.07, 6.45) is 6.22. The van der Waals surface area contributed by atoms with Gasteiger partial charge in [-0.3, -0.25) is 4.79 Å². The molecular formula is C18H20N4O. The quantitative estimate of drug-likeness (QED) is 0.781. The number of aromatic amines is 2. The number of nitrogens with one attached hydrogen (secondary N) is 2. The van der Waals surface area contributed by atoms with Crippen LogP contribution in [0.3, 0.4) is 0 Å². The van der Waals surface area contributed by atoms with Crippen molar-refractivity contribution < 1.29 is 4.79 Å². The number of amides is 1. The fraction of sp³-hybridized carbons (Fsp3) is 0.333. The maximum absolute atomic E-state index is 12.8. The van der Waals surface area contributed by atoms with E-state index in [0.717, 1.165) is 47.4 Å². The monoisotopic (exact) mass is 308 g/mol. The average Bonchev–Trinajstić information content (AvgIpc) is 3.26. The van der Waals surface area contributed by atoms with E-state index in [-0.39, 0.29) is 11.9 Å². The zero-order chi connectivity index (χ0) is 15.8. The topological polar surface area (TPSA) is 64.8 Å². The normalized spacial score (nSPS) is 18.0. The van der Waals surface area contributed by atoms with Crippen molar-refractivity contribution in [2.24, 2.45) is 0 Å². The number of aromatic nitrogens is 3. The van der Waals surface area contributed by atoms with Crippen LogP contribution in [0, 0.1) is 6.92 Å². The molecule has 5 nitrogen and oxygen atoms in total. The molecule has 1 fully saturated rings. The number of para-hydroxylation sites is 1. The van der Waals surface area contributed by atoms with Crippen molar-refractivity contribution in [2.75, 3.05) is 6.54 Å². The van der Waals surface area contributed by atoms with Gasteiger partial charge < -0.3 is 14.9 Å². The van der Waals surface area contributed by atoms with E-state index in [2.05, 4.69) is 21.0 Å². The molecule has 0 spiro atoms. The molecule has 1 aliphatic rings. The maximum atomic E-state index is 12.8. The first kappa shape index (κ1) is 14.1. The molecule has 118 valence electrons. The molecule has 1 atom stereocenters. The van der Waals surface area contributed by atoms with Crippen molar-refractivity contribution in [3.05, 3.63) is 53.7 Å². The lowest BCUT2D eigenvalue weighted by atomic mass is 10.1. The number of hydrogen-bond acceptors (Lipinski definition) is 2. The van der Waals surface area contributed by atoms with E-state index in [0.29, 0.717) is 6.42 Å². The predicted molar refractivity (Wildman–Crippen MR) is 89.0 cm³/mol. The predicted octanol–water partition coefficient (Wildman–Crippen LogP) is 3.11. The van der Waals surface area contributed by atoms with Gasteiger partial charge in [-0.25, -0.2) is 4.98 Å². The van der Waals surface area contributed by atoms with E-state index in [9.17, 15) is 4.79 Å². The van der Waals surface area contributed by atoms with Gasteiger partial charge in [0.15, 0.2) is 0 Å². The van der Waals surface area contributed by atoms with Crippen molar-refractivity contribution in [1.29, 1.82) is 0 Å². The Kier molecular flexibility index (Phi) is 3.41. The lowest BCUT2D eigenvalue weighted by molar-refractivity contribution is -0.131. The van der Waals surface area contributed by atoms with Gasteiger partial charge in [-0.05, 0) is 31.4 Å². The van der Waals surface area contributed by atoms with E-state index >= 15 is 0 Å². The number of H-pyrrole nitrogens is 2. The molecule has 0 saturated carbocycles. The van der Waals surface area contributed by atoms with Gasteiger partial charge in [-0.1, -0.05) is 18.2 Å². The van der Waals surface area contributed by atoms with Gasteiger partial charge in [0.25, 0.3) is 0 Å². The molecule has 1 unspecified atom stereocenters. The minimum atomic E-state index is 0.0846. The van der Waals surface area contributed by atoms with Crippen molar-refractivity contribution in [2.45, 2.75) is 32.2 Å². The number of rotatable bonds is 3. The van der Waals surface area contributed by atoms with E-state index in [1.807, 2.05) is 42.4 Å². The van der Waals surface area contributed by atoms with Crippen LogP contribution in [0.1, 0.15) is 36.0 Å². The third-order valence-electron chi connectivity index (χ3n) is 4.63. The molecular weight excluding hydrogens is 288 g/mol. The number of carbonyl (C=O) groups is 1. The third kappa shape index (κ3) is 2.52. The Labute approximate surface area is 134 Å². The Balaban J connectivity index is 1.56. The highest BCUT2D eigenvalue weighted by Gasteiger charge is 2.31. The summed E-state index contributed by atoms with van der Waals surface area (Å²) >= 11 is 0.